The number of carbonyl (C=O) groups is 1. The largest absolute Gasteiger partial charge is 0.383 e. The predicted octanol–water partition coefficient (Wildman–Crippen LogP) is 3.35. The first-order chi connectivity index (χ1) is 9.72. The van der Waals surface area contributed by atoms with Gasteiger partial charge in [-0.1, -0.05) is 18.2 Å². The van der Waals surface area contributed by atoms with E-state index in [1.54, 1.807) is 18.4 Å². The number of benzene rings is 1. The molecule has 0 saturated heterocycles. The molecular weight excluding hydrogens is 270 g/mol. The SMILES string of the molecule is COCCN(Cc1ccsc1)C(=O)c1ccccc1C. The maximum Gasteiger partial charge on any atom is 0.254 e. The Balaban J connectivity index is 2.17. The van der Waals surface area contributed by atoms with Gasteiger partial charge in [0.1, 0.15) is 0 Å². The van der Waals surface area contributed by atoms with Crippen molar-refractivity contribution in [2.75, 3.05) is 20.3 Å². The van der Waals surface area contributed by atoms with Crippen LogP contribution in [-0.2, 0) is 11.3 Å². The van der Waals surface area contributed by atoms with Gasteiger partial charge >= 0.3 is 0 Å². The van der Waals surface area contributed by atoms with Crippen LogP contribution in [0.15, 0.2) is 41.1 Å². The van der Waals surface area contributed by atoms with Crippen LogP contribution in [0.25, 0.3) is 0 Å². The fourth-order valence-electron chi connectivity index (χ4n) is 2.04. The van der Waals surface area contributed by atoms with Gasteiger partial charge in [-0.25, -0.2) is 0 Å². The molecule has 0 saturated carbocycles. The third-order valence-electron chi connectivity index (χ3n) is 3.18. The Hall–Kier alpha value is -1.65. The van der Waals surface area contributed by atoms with Gasteiger partial charge < -0.3 is 9.64 Å². The lowest BCUT2D eigenvalue weighted by molar-refractivity contribution is 0.0680. The van der Waals surface area contributed by atoms with Gasteiger partial charge in [-0.05, 0) is 40.9 Å². The van der Waals surface area contributed by atoms with Crippen molar-refractivity contribution in [1.29, 1.82) is 0 Å². The van der Waals surface area contributed by atoms with Gasteiger partial charge in [-0.3, -0.25) is 4.79 Å². The van der Waals surface area contributed by atoms with Gasteiger partial charge in [0.15, 0.2) is 0 Å². The zero-order chi connectivity index (χ0) is 14.4. The molecule has 4 heteroatoms. The van der Waals surface area contributed by atoms with Crippen LogP contribution in [0.1, 0.15) is 21.5 Å². The first-order valence-corrected chi connectivity index (χ1v) is 7.51. The monoisotopic (exact) mass is 289 g/mol. The zero-order valence-electron chi connectivity index (χ0n) is 11.8. The van der Waals surface area contributed by atoms with Crippen LogP contribution in [-0.4, -0.2) is 31.1 Å². The van der Waals surface area contributed by atoms with Crippen molar-refractivity contribution in [1.82, 2.24) is 4.90 Å². The van der Waals surface area contributed by atoms with Crippen molar-refractivity contribution in [2.24, 2.45) is 0 Å². The maximum atomic E-state index is 12.7. The number of ether oxygens (including phenoxy) is 1. The number of thiophene rings is 1. The number of nitrogens with zero attached hydrogens (tertiary/aromatic N) is 1. The summed E-state index contributed by atoms with van der Waals surface area (Å²) >= 11 is 1.65. The number of carbonyl (C=O) groups excluding carboxylic acids is 1. The molecule has 2 rings (SSSR count). The van der Waals surface area contributed by atoms with Crippen LogP contribution in [0.3, 0.4) is 0 Å². The summed E-state index contributed by atoms with van der Waals surface area (Å²) in [5.74, 6) is 0.0614. The number of hydrogen-bond acceptors (Lipinski definition) is 3. The fourth-order valence-corrected chi connectivity index (χ4v) is 2.70. The van der Waals surface area contributed by atoms with Gasteiger partial charge in [-0.2, -0.15) is 11.3 Å². The van der Waals surface area contributed by atoms with E-state index in [9.17, 15) is 4.79 Å². The Bertz CT molecular complexity index is 551. The molecule has 0 radical (unpaired) electrons. The summed E-state index contributed by atoms with van der Waals surface area (Å²) in [4.78, 5) is 14.5. The molecule has 0 atom stereocenters. The Morgan fingerprint density at radius 1 is 1.30 bits per heavy atom. The standard InChI is InChI=1S/C16H19NO2S/c1-13-5-3-4-6-15(13)16(18)17(8-9-19-2)11-14-7-10-20-12-14/h3-7,10,12H,8-9,11H2,1-2H3. The van der Waals surface area contributed by atoms with Crippen LogP contribution in [0, 0.1) is 6.92 Å². The Labute approximate surface area is 123 Å². The van der Waals surface area contributed by atoms with E-state index in [-0.39, 0.29) is 5.91 Å². The number of rotatable bonds is 6. The molecule has 0 fully saturated rings. The highest BCUT2D eigenvalue weighted by molar-refractivity contribution is 7.07. The lowest BCUT2D eigenvalue weighted by Gasteiger charge is -2.23. The summed E-state index contributed by atoms with van der Waals surface area (Å²) in [5, 5.41) is 4.10. The third kappa shape index (κ3) is 3.68. The summed E-state index contributed by atoms with van der Waals surface area (Å²) in [6.45, 7) is 3.73. The summed E-state index contributed by atoms with van der Waals surface area (Å²) in [7, 11) is 1.65. The lowest BCUT2D eigenvalue weighted by atomic mass is 10.1. The molecule has 1 heterocycles. The maximum absolute atomic E-state index is 12.7. The lowest BCUT2D eigenvalue weighted by Crippen LogP contribution is -2.33. The highest BCUT2D eigenvalue weighted by atomic mass is 32.1. The molecule has 0 aliphatic carbocycles. The van der Waals surface area contributed by atoms with E-state index in [4.69, 9.17) is 4.74 Å². The van der Waals surface area contributed by atoms with Crippen LogP contribution < -0.4 is 0 Å². The van der Waals surface area contributed by atoms with Crippen molar-refractivity contribution in [3.8, 4) is 0 Å². The molecule has 106 valence electrons. The average Bonchev–Trinajstić information content (AvgIpc) is 2.96. The molecule has 20 heavy (non-hydrogen) atoms. The second-order valence-electron chi connectivity index (χ2n) is 4.67. The molecule has 0 aliphatic heterocycles. The van der Waals surface area contributed by atoms with E-state index in [1.807, 2.05) is 41.5 Å². The second kappa shape index (κ2) is 7.22. The minimum Gasteiger partial charge on any atom is -0.383 e. The number of methoxy groups -OCH3 is 1. The molecule has 0 N–H and O–H groups in total. The van der Waals surface area contributed by atoms with Crippen LogP contribution in [0.2, 0.25) is 0 Å². The number of aryl methyl sites for hydroxylation is 1. The van der Waals surface area contributed by atoms with Gasteiger partial charge in [0, 0.05) is 25.8 Å². The topological polar surface area (TPSA) is 29.5 Å². The highest BCUT2D eigenvalue weighted by Crippen LogP contribution is 2.15. The van der Waals surface area contributed by atoms with Crippen molar-refractivity contribution in [3.63, 3.8) is 0 Å². The molecule has 2 aromatic rings. The van der Waals surface area contributed by atoms with Gasteiger partial charge in [0.25, 0.3) is 5.91 Å². The molecule has 0 aliphatic rings. The molecule has 0 unspecified atom stereocenters. The first kappa shape index (κ1) is 14.8. The van der Waals surface area contributed by atoms with Crippen molar-refractivity contribution in [2.45, 2.75) is 13.5 Å². The summed E-state index contributed by atoms with van der Waals surface area (Å²) in [6, 6.07) is 9.75. The molecular formula is C16H19NO2S. The Kier molecular flexibility index (Phi) is 5.32. The van der Waals surface area contributed by atoms with Gasteiger partial charge in [0.05, 0.1) is 6.61 Å². The third-order valence-corrected chi connectivity index (χ3v) is 3.91. The second-order valence-corrected chi connectivity index (χ2v) is 5.45. The Morgan fingerprint density at radius 3 is 2.75 bits per heavy atom. The molecule has 1 amide bonds. The Morgan fingerprint density at radius 2 is 2.10 bits per heavy atom. The van der Waals surface area contributed by atoms with Crippen molar-refractivity contribution >= 4 is 17.2 Å². The molecule has 0 spiro atoms. The van der Waals surface area contributed by atoms with E-state index < -0.39 is 0 Å². The minimum atomic E-state index is 0.0614. The van der Waals surface area contributed by atoms with E-state index >= 15 is 0 Å². The van der Waals surface area contributed by atoms with Crippen LogP contribution in [0.5, 0.6) is 0 Å². The number of hydrogen-bond donors (Lipinski definition) is 0. The summed E-state index contributed by atoms with van der Waals surface area (Å²) < 4.78 is 5.12. The predicted molar refractivity (Wildman–Crippen MR) is 82.1 cm³/mol. The van der Waals surface area contributed by atoms with Crippen molar-refractivity contribution in [3.05, 3.63) is 57.8 Å². The van der Waals surface area contributed by atoms with E-state index in [2.05, 4.69) is 11.4 Å². The summed E-state index contributed by atoms with van der Waals surface area (Å²) in [5.41, 5.74) is 2.93. The van der Waals surface area contributed by atoms with E-state index in [0.717, 1.165) is 16.7 Å². The first-order valence-electron chi connectivity index (χ1n) is 6.57. The van der Waals surface area contributed by atoms with E-state index in [0.29, 0.717) is 19.7 Å². The highest BCUT2D eigenvalue weighted by Gasteiger charge is 2.17. The minimum absolute atomic E-state index is 0.0614. The fraction of sp³-hybridized carbons (Fsp3) is 0.312. The van der Waals surface area contributed by atoms with Crippen LogP contribution >= 0.6 is 11.3 Å². The van der Waals surface area contributed by atoms with Gasteiger partial charge in [-0.15, -0.1) is 0 Å². The molecule has 3 nitrogen and oxygen atoms in total. The zero-order valence-corrected chi connectivity index (χ0v) is 12.7. The van der Waals surface area contributed by atoms with Gasteiger partial charge in [0.2, 0.25) is 0 Å². The van der Waals surface area contributed by atoms with Crippen molar-refractivity contribution < 1.29 is 9.53 Å². The average molecular weight is 289 g/mol. The molecule has 1 aromatic heterocycles. The van der Waals surface area contributed by atoms with E-state index in [1.165, 1.54) is 0 Å². The molecule has 0 bridgehead atoms. The molecule has 1 aromatic carbocycles. The smallest absolute Gasteiger partial charge is 0.254 e. The quantitative estimate of drug-likeness (QED) is 0.816. The summed E-state index contributed by atoms with van der Waals surface area (Å²) in [6.07, 6.45) is 0. The number of amides is 1. The van der Waals surface area contributed by atoms with Crippen LogP contribution in [0.4, 0.5) is 0 Å². The normalized spacial score (nSPS) is 10.5.